The maximum Gasteiger partial charge on any atom is 0.309 e. The lowest BCUT2D eigenvalue weighted by Crippen LogP contribution is -2.05. The summed E-state index contributed by atoms with van der Waals surface area (Å²) in [6, 6.07) is 10.0. The number of imidazole rings is 1. The number of nitrogens with zero attached hydrogens (tertiary/aromatic N) is 2. The largest absolute Gasteiger partial charge is 0.481 e. The van der Waals surface area contributed by atoms with Crippen LogP contribution in [0.1, 0.15) is 22.4 Å². The van der Waals surface area contributed by atoms with Crippen molar-refractivity contribution < 1.29 is 9.90 Å². The van der Waals surface area contributed by atoms with Gasteiger partial charge in [-0.25, -0.2) is 4.98 Å². The number of rotatable bonds is 3. The van der Waals surface area contributed by atoms with Crippen LogP contribution in [0.25, 0.3) is 16.9 Å². The van der Waals surface area contributed by atoms with Gasteiger partial charge in [0.15, 0.2) is 0 Å². The molecule has 0 saturated carbocycles. The Kier molecular flexibility index (Phi) is 3.45. The zero-order valence-corrected chi connectivity index (χ0v) is 12.9. The summed E-state index contributed by atoms with van der Waals surface area (Å²) in [6.07, 6.45) is 1.82. The number of hydrogen-bond donors (Lipinski definition) is 1. The van der Waals surface area contributed by atoms with Crippen molar-refractivity contribution in [3.63, 3.8) is 0 Å². The third-order valence-corrected chi connectivity index (χ3v) is 4.04. The van der Waals surface area contributed by atoms with E-state index in [9.17, 15) is 9.90 Å². The first kappa shape index (κ1) is 14.3. The second-order valence-corrected chi connectivity index (χ2v) is 5.66. The van der Waals surface area contributed by atoms with Crippen LogP contribution in [0.2, 0.25) is 0 Å². The molecule has 1 aromatic carbocycles. The second-order valence-electron chi connectivity index (χ2n) is 5.66. The first-order chi connectivity index (χ1) is 10.5. The molecule has 0 aliphatic carbocycles. The van der Waals surface area contributed by atoms with Crippen LogP contribution >= 0.6 is 0 Å². The molecule has 22 heavy (non-hydrogen) atoms. The number of aromatic nitrogens is 2. The first-order valence-electron chi connectivity index (χ1n) is 7.23. The lowest BCUT2D eigenvalue weighted by Gasteiger charge is -2.06. The molecule has 3 aromatic rings. The van der Waals surface area contributed by atoms with Gasteiger partial charge in [0, 0.05) is 11.8 Å². The molecule has 0 bridgehead atoms. The summed E-state index contributed by atoms with van der Waals surface area (Å²) < 4.78 is 1.88. The highest BCUT2D eigenvalue weighted by molar-refractivity contribution is 5.76. The maximum absolute atomic E-state index is 11.3. The molecular weight excluding hydrogens is 276 g/mol. The average Bonchev–Trinajstić information content (AvgIpc) is 2.82. The van der Waals surface area contributed by atoms with Crippen molar-refractivity contribution in [2.24, 2.45) is 0 Å². The lowest BCUT2D eigenvalue weighted by molar-refractivity contribution is -0.136. The highest BCUT2D eigenvalue weighted by atomic mass is 16.4. The SMILES string of the molecule is Cc1ccc(-c2nc3c(C)cccn3c2CC(=O)O)cc1C. The first-order valence-corrected chi connectivity index (χ1v) is 7.23. The maximum atomic E-state index is 11.3. The van der Waals surface area contributed by atoms with Crippen molar-refractivity contribution in [2.45, 2.75) is 27.2 Å². The zero-order chi connectivity index (χ0) is 15.9. The molecule has 2 aromatic heterocycles. The Bertz CT molecular complexity index is 878. The molecule has 0 saturated heterocycles. The number of benzene rings is 1. The van der Waals surface area contributed by atoms with Crippen molar-refractivity contribution in [3.8, 4) is 11.3 Å². The molecule has 0 unspecified atom stereocenters. The number of carboxylic acids is 1. The van der Waals surface area contributed by atoms with Crippen LogP contribution in [0.3, 0.4) is 0 Å². The smallest absolute Gasteiger partial charge is 0.309 e. The second kappa shape index (κ2) is 5.30. The molecule has 4 heteroatoms. The molecule has 0 aliphatic heterocycles. The van der Waals surface area contributed by atoms with Crippen molar-refractivity contribution in [1.29, 1.82) is 0 Å². The van der Waals surface area contributed by atoms with Gasteiger partial charge < -0.3 is 9.51 Å². The fourth-order valence-corrected chi connectivity index (χ4v) is 2.68. The number of hydrogen-bond acceptors (Lipinski definition) is 2. The van der Waals surface area contributed by atoms with Crippen LogP contribution in [0.5, 0.6) is 0 Å². The van der Waals surface area contributed by atoms with Gasteiger partial charge in [0.1, 0.15) is 5.65 Å². The minimum absolute atomic E-state index is 0.0487. The number of carbonyl (C=O) groups is 1. The third-order valence-electron chi connectivity index (χ3n) is 4.04. The van der Waals surface area contributed by atoms with E-state index in [1.54, 1.807) is 0 Å². The minimum Gasteiger partial charge on any atom is -0.481 e. The molecule has 0 radical (unpaired) electrons. The Morgan fingerprint density at radius 2 is 1.91 bits per heavy atom. The Labute approximate surface area is 129 Å². The summed E-state index contributed by atoms with van der Waals surface area (Å²) in [6.45, 7) is 6.10. The molecule has 1 N–H and O–H groups in total. The summed E-state index contributed by atoms with van der Waals surface area (Å²) in [7, 11) is 0. The van der Waals surface area contributed by atoms with Gasteiger partial charge in [0.25, 0.3) is 0 Å². The topological polar surface area (TPSA) is 54.6 Å². The van der Waals surface area contributed by atoms with Gasteiger partial charge in [0.05, 0.1) is 17.8 Å². The van der Waals surface area contributed by atoms with Gasteiger partial charge >= 0.3 is 5.97 Å². The van der Waals surface area contributed by atoms with E-state index in [1.807, 2.05) is 41.8 Å². The molecule has 3 rings (SSSR count). The van der Waals surface area contributed by atoms with Crippen LogP contribution in [0, 0.1) is 20.8 Å². The quantitative estimate of drug-likeness (QED) is 0.803. The normalized spacial score (nSPS) is 11.0. The minimum atomic E-state index is -0.853. The van der Waals surface area contributed by atoms with E-state index in [0.717, 1.165) is 28.2 Å². The van der Waals surface area contributed by atoms with Gasteiger partial charge in [0.2, 0.25) is 0 Å². The van der Waals surface area contributed by atoms with E-state index in [1.165, 1.54) is 11.1 Å². The summed E-state index contributed by atoms with van der Waals surface area (Å²) in [5.41, 5.74) is 6.66. The van der Waals surface area contributed by atoms with Gasteiger partial charge in [-0.1, -0.05) is 18.2 Å². The predicted octanol–water partition coefficient (Wildman–Crippen LogP) is 3.55. The van der Waals surface area contributed by atoms with Crippen LogP contribution in [0.15, 0.2) is 36.5 Å². The van der Waals surface area contributed by atoms with Crippen LogP contribution in [-0.2, 0) is 11.2 Å². The average molecular weight is 294 g/mol. The molecule has 0 atom stereocenters. The predicted molar refractivity (Wildman–Crippen MR) is 86.2 cm³/mol. The molecule has 0 amide bonds. The summed E-state index contributed by atoms with van der Waals surface area (Å²) in [4.78, 5) is 16.0. The fourth-order valence-electron chi connectivity index (χ4n) is 2.68. The van der Waals surface area contributed by atoms with Gasteiger partial charge in [-0.3, -0.25) is 4.79 Å². The fraction of sp³-hybridized carbons (Fsp3) is 0.222. The van der Waals surface area contributed by atoms with Crippen molar-refractivity contribution in [3.05, 3.63) is 58.9 Å². The third kappa shape index (κ3) is 2.37. The van der Waals surface area contributed by atoms with E-state index in [2.05, 4.69) is 19.9 Å². The van der Waals surface area contributed by atoms with Gasteiger partial charge in [-0.05, 0) is 49.6 Å². The summed E-state index contributed by atoms with van der Waals surface area (Å²) >= 11 is 0. The van der Waals surface area contributed by atoms with Crippen LogP contribution in [0.4, 0.5) is 0 Å². The van der Waals surface area contributed by atoms with E-state index in [4.69, 9.17) is 4.98 Å². The molecular formula is C18H18N2O2. The van der Waals surface area contributed by atoms with Crippen molar-refractivity contribution >= 4 is 11.6 Å². The van der Waals surface area contributed by atoms with E-state index in [-0.39, 0.29) is 6.42 Å². The molecule has 0 spiro atoms. The standard InChI is InChI=1S/C18H18N2O2/c1-11-6-7-14(9-13(11)3)17-15(10-16(21)22)20-8-4-5-12(2)18(20)19-17/h4-9H,10H2,1-3H3,(H,21,22). The van der Waals surface area contributed by atoms with Crippen LogP contribution < -0.4 is 0 Å². The zero-order valence-electron chi connectivity index (χ0n) is 12.9. The monoisotopic (exact) mass is 294 g/mol. The number of aliphatic carboxylic acids is 1. The summed E-state index contributed by atoms with van der Waals surface area (Å²) in [5, 5.41) is 9.24. The Hall–Kier alpha value is -2.62. The number of fused-ring (bicyclic) bond motifs is 1. The van der Waals surface area contributed by atoms with E-state index >= 15 is 0 Å². The van der Waals surface area contributed by atoms with Gasteiger partial charge in [-0.2, -0.15) is 0 Å². The molecule has 112 valence electrons. The van der Waals surface area contributed by atoms with Crippen molar-refractivity contribution in [1.82, 2.24) is 9.38 Å². The van der Waals surface area contributed by atoms with Crippen LogP contribution in [-0.4, -0.2) is 20.5 Å². The Morgan fingerprint density at radius 1 is 1.14 bits per heavy atom. The summed E-state index contributed by atoms with van der Waals surface area (Å²) in [5.74, 6) is -0.853. The van der Waals surface area contributed by atoms with E-state index < -0.39 is 5.97 Å². The lowest BCUT2D eigenvalue weighted by atomic mass is 10.0. The van der Waals surface area contributed by atoms with E-state index in [0.29, 0.717) is 0 Å². The molecule has 2 heterocycles. The number of carboxylic acid groups (broad SMARTS) is 1. The highest BCUT2D eigenvalue weighted by Crippen LogP contribution is 2.27. The highest BCUT2D eigenvalue weighted by Gasteiger charge is 2.17. The molecule has 0 aliphatic rings. The number of pyridine rings is 1. The molecule has 0 fully saturated rings. The Morgan fingerprint density at radius 3 is 2.59 bits per heavy atom. The number of aryl methyl sites for hydroxylation is 3. The van der Waals surface area contributed by atoms with Crippen molar-refractivity contribution in [2.75, 3.05) is 0 Å². The van der Waals surface area contributed by atoms with Gasteiger partial charge in [-0.15, -0.1) is 0 Å². The molecule has 4 nitrogen and oxygen atoms in total. The Balaban J connectivity index is 2.29.